The molecule has 1 aromatic carbocycles. The van der Waals surface area contributed by atoms with Crippen LogP contribution in [0.15, 0.2) is 41.4 Å². The number of ether oxygens (including phenoxy) is 1. The maximum absolute atomic E-state index is 6.39. The lowest BCUT2D eigenvalue weighted by Gasteiger charge is -2.32. The summed E-state index contributed by atoms with van der Waals surface area (Å²) < 4.78 is 13.0. The first-order chi connectivity index (χ1) is 13.7. The Hall–Kier alpha value is -2.51. The summed E-state index contributed by atoms with van der Waals surface area (Å²) in [6, 6.07) is 6.86. The van der Waals surface area contributed by atoms with E-state index in [-0.39, 0.29) is 6.10 Å². The standard InChI is InChI=1S/C21H22N4O2S/c1-25(2)14-4-6-15(7-5-14)27-20-18-16-11-13(19-22-9-10-26-19)3-8-17(16)28-21(18)24-12-23-20/h3,8-12,14-15H,4-7H2,1-2H3/t14-,15-. The van der Waals surface area contributed by atoms with Crippen LogP contribution in [0, 0.1) is 0 Å². The second-order valence-electron chi connectivity index (χ2n) is 7.52. The fourth-order valence-corrected chi connectivity index (χ4v) is 5.02. The number of benzene rings is 1. The summed E-state index contributed by atoms with van der Waals surface area (Å²) in [7, 11) is 4.31. The van der Waals surface area contributed by atoms with E-state index in [0.717, 1.165) is 51.5 Å². The molecule has 0 bridgehead atoms. The van der Waals surface area contributed by atoms with Gasteiger partial charge in [-0.05, 0) is 58.0 Å². The van der Waals surface area contributed by atoms with Crippen molar-refractivity contribution in [2.75, 3.05) is 14.1 Å². The van der Waals surface area contributed by atoms with Gasteiger partial charge in [-0.15, -0.1) is 11.3 Å². The molecule has 1 aliphatic carbocycles. The highest BCUT2D eigenvalue weighted by Crippen LogP contribution is 2.39. The normalized spacial score (nSPS) is 20.2. The highest BCUT2D eigenvalue weighted by atomic mass is 32.1. The fraction of sp³-hybridized carbons (Fsp3) is 0.381. The van der Waals surface area contributed by atoms with Crippen molar-refractivity contribution >= 4 is 31.6 Å². The van der Waals surface area contributed by atoms with E-state index in [2.05, 4.69) is 46.1 Å². The Morgan fingerprint density at radius 1 is 1.11 bits per heavy atom. The molecule has 0 atom stereocenters. The summed E-state index contributed by atoms with van der Waals surface area (Å²) in [5.74, 6) is 1.30. The van der Waals surface area contributed by atoms with E-state index in [1.165, 1.54) is 0 Å². The van der Waals surface area contributed by atoms with Crippen molar-refractivity contribution in [1.29, 1.82) is 0 Å². The summed E-state index contributed by atoms with van der Waals surface area (Å²) in [4.78, 5) is 16.5. The van der Waals surface area contributed by atoms with E-state index in [9.17, 15) is 0 Å². The van der Waals surface area contributed by atoms with Gasteiger partial charge in [-0.2, -0.15) is 0 Å². The molecule has 4 aromatic rings. The zero-order valence-corrected chi connectivity index (χ0v) is 16.8. The third kappa shape index (κ3) is 3.14. The minimum absolute atomic E-state index is 0.208. The number of nitrogens with zero attached hydrogens (tertiary/aromatic N) is 4. The van der Waals surface area contributed by atoms with E-state index >= 15 is 0 Å². The van der Waals surface area contributed by atoms with Gasteiger partial charge in [0.25, 0.3) is 0 Å². The van der Waals surface area contributed by atoms with Gasteiger partial charge >= 0.3 is 0 Å². The molecule has 28 heavy (non-hydrogen) atoms. The lowest BCUT2D eigenvalue weighted by molar-refractivity contribution is 0.108. The minimum Gasteiger partial charge on any atom is -0.474 e. The number of aromatic nitrogens is 3. The van der Waals surface area contributed by atoms with Crippen LogP contribution in [0.25, 0.3) is 31.8 Å². The molecule has 5 rings (SSSR count). The topological polar surface area (TPSA) is 64.3 Å². The Bertz CT molecular complexity index is 1100. The Kier molecular flexibility index (Phi) is 4.49. The number of oxazole rings is 1. The summed E-state index contributed by atoms with van der Waals surface area (Å²) >= 11 is 1.66. The predicted molar refractivity (Wildman–Crippen MR) is 111 cm³/mol. The Balaban J connectivity index is 1.50. The first kappa shape index (κ1) is 17.6. The van der Waals surface area contributed by atoms with Crippen molar-refractivity contribution in [3.05, 3.63) is 37.0 Å². The van der Waals surface area contributed by atoms with E-state index in [1.54, 1.807) is 30.1 Å². The molecule has 7 heteroatoms. The highest BCUT2D eigenvalue weighted by molar-refractivity contribution is 7.25. The molecule has 1 fully saturated rings. The average Bonchev–Trinajstić information content (AvgIpc) is 3.36. The highest BCUT2D eigenvalue weighted by Gasteiger charge is 2.25. The predicted octanol–water partition coefficient (Wildman–Crippen LogP) is 4.75. The number of hydrogen-bond donors (Lipinski definition) is 0. The molecule has 1 aliphatic rings. The van der Waals surface area contributed by atoms with Crippen LogP contribution in [0.3, 0.4) is 0 Å². The summed E-state index contributed by atoms with van der Waals surface area (Å²) in [5.41, 5.74) is 0.943. The van der Waals surface area contributed by atoms with Crippen LogP contribution in [0.5, 0.6) is 5.88 Å². The molecule has 3 aromatic heterocycles. The van der Waals surface area contributed by atoms with Gasteiger partial charge in [0.1, 0.15) is 23.5 Å². The molecule has 0 spiro atoms. The van der Waals surface area contributed by atoms with Gasteiger partial charge in [-0.25, -0.2) is 15.0 Å². The fourth-order valence-electron chi connectivity index (χ4n) is 4.01. The zero-order valence-electron chi connectivity index (χ0n) is 16.0. The zero-order chi connectivity index (χ0) is 19.1. The molecule has 0 N–H and O–H groups in total. The SMILES string of the molecule is CN(C)[C@H]1CC[C@H](Oc2ncnc3sc4ccc(-c5ncco5)cc4c23)CC1. The quantitative estimate of drug-likeness (QED) is 0.498. The number of fused-ring (bicyclic) bond motifs is 3. The van der Waals surface area contributed by atoms with Gasteiger partial charge < -0.3 is 14.1 Å². The van der Waals surface area contributed by atoms with Crippen LogP contribution in [0.2, 0.25) is 0 Å². The van der Waals surface area contributed by atoms with Gasteiger partial charge in [0.2, 0.25) is 11.8 Å². The second kappa shape index (κ2) is 7.14. The largest absolute Gasteiger partial charge is 0.474 e. The third-order valence-corrected chi connectivity index (χ3v) is 6.64. The molecular formula is C21H22N4O2S. The maximum Gasteiger partial charge on any atom is 0.226 e. The van der Waals surface area contributed by atoms with E-state index in [0.29, 0.717) is 17.8 Å². The van der Waals surface area contributed by atoms with Crippen molar-refractivity contribution in [1.82, 2.24) is 19.9 Å². The lowest BCUT2D eigenvalue weighted by atomic mass is 9.92. The van der Waals surface area contributed by atoms with Crippen LogP contribution in [0.1, 0.15) is 25.7 Å². The first-order valence-corrected chi connectivity index (χ1v) is 10.4. The van der Waals surface area contributed by atoms with Crippen molar-refractivity contribution in [3.8, 4) is 17.3 Å². The smallest absolute Gasteiger partial charge is 0.226 e. The molecule has 1 saturated carbocycles. The Labute approximate surface area is 167 Å². The molecule has 144 valence electrons. The molecule has 0 saturated heterocycles. The Morgan fingerprint density at radius 3 is 2.71 bits per heavy atom. The number of rotatable bonds is 4. The van der Waals surface area contributed by atoms with E-state index < -0.39 is 0 Å². The van der Waals surface area contributed by atoms with E-state index in [1.807, 2.05) is 6.07 Å². The van der Waals surface area contributed by atoms with Crippen LogP contribution in [-0.4, -0.2) is 46.1 Å². The molecule has 0 aliphatic heterocycles. The summed E-state index contributed by atoms with van der Waals surface area (Å²) in [5, 5.41) is 2.08. The molecular weight excluding hydrogens is 372 g/mol. The van der Waals surface area contributed by atoms with Crippen molar-refractivity contribution in [2.24, 2.45) is 0 Å². The molecule has 0 amide bonds. The van der Waals surface area contributed by atoms with Crippen molar-refractivity contribution in [3.63, 3.8) is 0 Å². The van der Waals surface area contributed by atoms with Gasteiger partial charge in [0.15, 0.2) is 0 Å². The van der Waals surface area contributed by atoms with Crippen molar-refractivity contribution < 1.29 is 9.15 Å². The maximum atomic E-state index is 6.39. The van der Waals surface area contributed by atoms with Gasteiger partial charge in [-0.3, -0.25) is 0 Å². The third-order valence-electron chi connectivity index (χ3n) is 5.56. The van der Waals surface area contributed by atoms with Crippen LogP contribution >= 0.6 is 11.3 Å². The van der Waals surface area contributed by atoms with E-state index in [4.69, 9.17) is 9.15 Å². The van der Waals surface area contributed by atoms with Crippen LogP contribution < -0.4 is 4.74 Å². The van der Waals surface area contributed by atoms with Crippen LogP contribution in [-0.2, 0) is 0 Å². The summed E-state index contributed by atoms with van der Waals surface area (Å²) in [6.07, 6.45) is 9.48. The summed E-state index contributed by atoms with van der Waals surface area (Å²) in [6.45, 7) is 0. The molecule has 0 radical (unpaired) electrons. The minimum atomic E-state index is 0.208. The van der Waals surface area contributed by atoms with Crippen LogP contribution in [0.4, 0.5) is 0 Å². The number of hydrogen-bond acceptors (Lipinski definition) is 7. The number of thiophene rings is 1. The molecule has 0 unspecified atom stereocenters. The molecule has 3 heterocycles. The Morgan fingerprint density at radius 2 is 1.96 bits per heavy atom. The molecule has 6 nitrogen and oxygen atoms in total. The van der Waals surface area contributed by atoms with Gasteiger partial charge in [0, 0.05) is 21.7 Å². The lowest BCUT2D eigenvalue weighted by Crippen LogP contribution is -2.35. The second-order valence-corrected chi connectivity index (χ2v) is 8.55. The average molecular weight is 395 g/mol. The monoisotopic (exact) mass is 394 g/mol. The van der Waals surface area contributed by atoms with Gasteiger partial charge in [-0.1, -0.05) is 0 Å². The first-order valence-electron chi connectivity index (χ1n) is 9.59. The van der Waals surface area contributed by atoms with Crippen molar-refractivity contribution in [2.45, 2.75) is 37.8 Å². The van der Waals surface area contributed by atoms with Gasteiger partial charge in [0.05, 0.1) is 11.6 Å².